The van der Waals surface area contributed by atoms with Gasteiger partial charge in [-0.05, 0) is 26.0 Å². The van der Waals surface area contributed by atoms with Crippen LogP contribution in [0.2, 0.25) is 0 Å². The van der Waals surface area contributed by atoms with Crippen molar-refractivity contribution in [1.29, 1.82) is 0 Å². The smallest absolute Gasteiger partial charge is 0.0245 e. The first-order valence-corrected chi connectivity index (χ1v) is 3.32. The molecule has 0 heterocycles. The fraction of sp³-hybridized carbons (Fsp3) is 0.200. The van der Waals surface area contributed by atoms with Crippen molar-refractivity contribution in [2.75, 3.05) is 0 Å². The minimum Gasteiger partial charge on any atom is -0.101 e. The summed E-state index contributed by atoms with van der Waals surface area (Å²) in [5.41, 5.74) is 2.37. The Kier molecular flexibility index (Phi) is 4.78. The molecule has 0 aliphatic rings. The minimum atomic E-state index is 0. The summed E-state index contributed by atoms with van der Waals surface area (Å²) < 4.78 is 0. The Morgan fingerprint density at radius 2 is 1.64 bits per heavy atom. The Balaban J connectivity index is 0.000001000. The van der Waals surface area contributed by atoms with E-state index in [4.69, 9.17) is 0 Å². The Labute approximate surface area is 79.9 Å². The van der Waals surface area contributed by atoms with Gasteiger partial charge in [0, 0.05) is 24.1 Å². The molecular formula is C10H10V. The van der Waals surface area contributed by atoms with E-state index in [9.17, 15) is 0 Å². The van der Waals surface area contributed by atoms with Gasteiger partial charge in [-0.25, -0.2) is 0 Å². The summed E-state index contributed by atoms with van der Waals surface area (Å²) in [5.74, 6) is 5.84. The van der Waals surface area contributed by atoms with Crippen molar-refractivity contribution in [3.8, 4) is 11.8 Å². The van der Waals surface area contributed by atoms with Crippen molar-refractivity contribution >= 4 is 0 Å². The van der Waals surface area contributed by atoms with Crippen LogP contribution in [0.25, 0.3) is 0 Å². The van der Waals surface area contributed by atoms with Gasteiger partial charge in [0.25, 0.3) is 0 Å². The second-order valence-electron chi connectivity index (χ2n) is 2.24. The van der Waals surface area contributed by atoms with Gasteiger partial charge in [-0.2, -0.15) is 0 Å². The number of benzene rings is 1. The van der Waals surface area contributed by atoms with E-state index in [1.807, 2.05) is 19.1 Å². The summed E-state index contributed by atoms with van der Waals surface area (Å²) in [5, 5.41) is 0. The molecule has 1 radical (unpaired) electrons. The molecule has 0 aliphatic carbocycles. The first kappa shape index (κ1) is 10.4. The van der Waals surface area contributed by atoms with E-state index < -0.39 is 0 Å². The summed E-state index contributed by atoms with van der Waals surface area (Å²) in [6.07, 6.45) is 0. The monoisotopic (exact) mass is 181 g/mol. The molecule has 1 rings (SSSR count). The summed E-state index contributed by atoms with van der Waals surface area (Å²) in [7, 11) is 0. The molecular weight excluding hydrogens is 171 g/mol. The van der Waals surface area contributed by atoms with Crippen LogP contribution in [0.4, 0.5) is 0 Å². The average molecular weight is 181 g/mol. The van der Waals surface area contributed by atoms with E-state index in [1.165, 1.54) is 5.56 Å². The molecule has 0 bridgehead atoms. The van der Waals surface area contributed by atoms with E-state index in [1.54, 1.807) is 0 Å². The SMILES string of the molecule is CC#Cc1ccc(C)cc1.[V]. The normalized spacial score (nSPS) is 7.45. The van der Waals surface area contributed by atoms with Crippen LogP contribution >= 0.6 is 0 Å². The molecule has 55 valence electrons. The third-order valence-electron chi connectivity index (χ3n) is 1.32. The average Bonchev–Trinajstić information content (AvgIpc) is 1.95. The Morgan fingerprint density at radius 1 is 1.09 bits per heavy atom. The van der Waals surface area contributed by atoms with Crippen LogP contribution in [-0.4, -0.2) is 0 Å². The predicted octanol–water partition coefficient (Wildman–Crippen LogP) is 2.36. The van der Waals surface area contributed by atoms with Crippen molar-refractivity contribution in [3.05, 3.63) is 35.4 Å². The van der Waals surface area contributed by atoms with Crippen molar-refractivity contribution < 1.29 is 18.6 Å². The van der Waals surface area contributed by atoms with Crippen LogP contribution in [0.1, 0.15) is 18.1 Å². The maximum absolute atomic E-state index is 2.98. The summed E-state index contributed by atoms with van der Waals surface area (Å²) in [6.45, 7) is 3.92. The summed E-state index contributed by atoms with van der Waals surface area (Å²) in [6, 6.07) is 8.21. The Morgan fingerprint density at radius 3 is 2.09 bits per heavy atom. The van der Waals surface area contributed by atoms with Crippen LogP contribution in [0.3, 0.4) is 0 Å². The Bertz CT molecular complexity index is 261. The van der Waals surface area contributed by atoms with Gasteiger partial charge in [0.1, 0.15) is 0 Å². The zero-order chi connectivity index (χ0) is 7.40. The molecule has 1 heteroatoms. The molecule has 1 aromatic carbocycles. The molecule has 11 heavy (non-hydrogen) atoms. The zero-order valence-electron chi connectivity index (χ0n) is 6.76. The first-order chi connectivity index (χ1) is 4.83. The number of hydrogen-bond acceptors (Lipinski definition) is 0. The molecule has 0 nitrogen and oxygen atoms in total. The van der Waals surface area contributed by atoms with Crippen molar-refractivity contribution in [3.63, 3.8) is 0 Å². The molecule has 0 unspecified atom stereocenters. The van der Waals surface area contributed by atoms with E-state index in [0.29, 0.717) is 0 Å². The van der Waals surface area contributed by atoms with Gasteiger partial charge in [0.05, 0.1) is 0 Å². The Hall–Kier alpha value is -0.636. The van der Waals surface area contributed by atoms with Crippen LogP contribution in [0, 0.1) is 18.8 Å². The number of aryl methyl sites for hydroxylation is 1. The van der Waals surface area contributed by atoms with Crippen molar-refractivity contribution in [2.45, 2.75) is 13.8 Å². The third kappa shape index (κ3) is 3.32. The van der Waals surface area contributed by atoms with Gasteiger partial charge in [0.15, 0.2) is 0 Å². The van der Waals surface area contributed by atoms with Crippen LogP contribution < -0.4 is 0 Å². The van der Waals surface area contributed by atoms with E-state index in [-0.39, 0.29) is 18.6 Å². The molecule has 0 saturated carbocycles. The van der Waals surface area contributed by atoms with E-state index in [2.05, 4.69) is 30.9 Å². The van der Waals surface area contributed by atoms with Gasteiger partial charge in [-0.1, -0.05) is 23.6 Å². The minimum absolute atomic E-state index is 0. The molecule has 0 atom stereocenters. The standard InChI is InChI=1S/C10H10.V/c1-3-4-10-7-5-9(2)6-8-10;/h5-8H,1-2H3;. The first-order valence-electron chi connectivity index (χ1n) is 3.32. The van der Waals surface area contributed by atoms with Crippen LogP contribution in [-0.2, 0) is 18.6 Å². The van der Waals surface area contributed by atoms with Crippen LogP contribution in [0.15, 0.2) is 24.3 Å². The second-order valence-corrected chi connectivity index (χ2v) is 2.24. The van der Waals surface area contributed by atoms with E-state index >= 15 is 0 Å². The van der Waals surface area contributed by atoms with E-state index in [0.717, 1.165) is 5.56 Å². The van der Waals surface area contributed by atoms with Gasteiger partial charge in [-0.15, -0.1) is 5.92 Å². The van der Waals surface area contributed by atoms with Gasteiger partial charge in [-0.3, -0.25) is 0 Å². The molecule has 1 aromatic rings. The molecule has 0 spiro atoms. The third-order valence-corrected chi connectivity index (χ3v) is 1.32. The zero-order valence-corrected chi connectivity index (χ0v) is 8.15. The molecule has 0 saturated heterocycles. The maximum atomic E-state index is 2.98. The molecule has 0 fully saturated rings. The number of hydrogen-bond donors (Lipinski definition) is 0. The van der Waals surface area contributed by atoms with Crippen LogP contribution in [0.5, 0.6) is 0 Å². The number of rotatable bonds is 0. The molecule has 0 amide bonds. The summed E-state index contributed by atoms with van der Waals surface area (Å²) >= 11 is 0. The van der Waals surface area contributed by atoms with Crippen molar-refractivity contribution in [2.24, 2.45) is 0 Å². The predicted molar refractivity (Wildman–Crippen MR) is 43.7 cm³/mol. The maximum Gasteiger partial charge on any atom is 0.0245 e. The fourth-order valence-electron chi connectivity index (χ4n) is 0.781. The largest absolute Gasteiger partial charge is 0.101 e. The van der Waals surface area contributed by atoms with Gasteiger partial charge >= 0.3 is 0 Å². The molecule has 0 N–H and O–H groups in total. The fourth-order valence-corrected chi connectivity index (χ4v) is 0.781. The quantitative estimate of drug-likeness (QED) is 0.539. The van der Waals surface area contributed by atoms with Crippen molar-refractivity contribution in [1.82, 2.24) is 0 Å². The molecule has 0 aromatic heterocycles. The molecule has 0 aliphatic heterocycles. The van der Waals surface area contributed by atoms with Gasteiger partial charge in [0.2, 0.25) is 0 Å². The second kappa shape index (κ2) is 5.07. The topological polar surface area (TPSA) is 0 Å². The van der Waals surface area contributed by atoms with Gasteiger partial charge < -0.3 is 0 Å². The summed E-state index contributed by atoms with van der Waals surface area (Å²) in [4.78, 5) is 0.